The van der Waals surface area contributed by atoms with Crippen molar-refractivity contribution in [2.45, 2.75) is 0 Å². The van der Waals surface area contributed by atoms with Gasteiger partial charge in [-0.3, -0.25) is 9.59 Å². The maximum Gasteiger partial charge on any atom is 0.250 e. The molecule has 0 aliphatic carbocycles. The molecule has 1 aromatic rings. The van der Waals surface area contributed by atoms with Crippen LogP contribution in [0.25, 0.3) is 0 Å². The van der Waals surface area contributed by atoms with Crippen molar-refractivity contribution in [3.63, 3.8) is 0 Å². The highest BCUT2D eigenvalue weighted by atomic mass is 16.5. The van der Waals surface area contributed by atoms with Crippen molar-refractivity contribution in [2.24, 2.45) is 0 Å². The number of anilines is 2. The van der Waals surface area contributed by atoms with Gasteiger partial charge in [0.25, 0.3) is 0 Å². The Balaban J connectivity index is 2.44. The zero-order valence-corrected chi connectivity index (χ0v) is 12.3. The van der Waals surface area contributed by atoms with E-state index in [9.17, 15) is 9.59 Å². The maximum atomic E-state index is 11.7. The molecule has 1 rings (SSSR count). The second-order valence-corrected chi connectivity index (χ2v) is 4.28. The highest BCUT2D eigenvalue weighted by Gasteiger charge is 2.04. The minimum Gasteiger partial charge on any atom is -0.383 e. The zero-order valence-electron chi connectivity index (χ0n) is 12.3. The van der Waals surface area contributed by atoms with Crippen LogP contribution < -0.4 is 16.0 Å². The van der Waals surface area contributed by atoms with Gasteiger partial charge in [0.05, 0.1) is 13.2 Å². The average Bonchev–Trinajstić information content (AvgIpc) is 2.44. The lowest BCUT2D eigenvalue weighted by atomic mass is 10.2. The fraction of sp³-hybridized carbons (Fsp3) is 0.429. The second-order valence-electron chi connectivity index (χ2n) is 4.28. The van der Waals surface area contributed by atoms with Gasteiger partial charge in [-0.05, 0) is 18.2 Å². The van der Waals surface area contributed by atoms with Gasteiger partial charge in [0.1, 0.15) is 6.61 Å². The van der Waals surface area contributed by atoms with Gasteiger partial charge in [0.15, 0.2) is 0 Å². The van der Waals surface area contributed by atoms with Crippen LogP contribution >= 0.6 is 0 Å². The largest absolute Gasteiger partial charge is 0.383 e. The highest BCUT2D eigenvalue weighted by Crippen LogP contribution is 2.14. The molecule has 7 heteroatoms. The zero-order chi connectivity index (χ0) is 15.5. The first-order valence-corrected chi connectivity index (χ1v) is 6.54. The number of carbonyl (C=O) groups excluding carboxylic acids is 2. The van der Waals surface area contributed by atoms with Crippen molar-refractivity contribution in [1.82, 2.24) is 5.32 Å². The molecule has 3 N–H and O–H groups in total. The Morgan fingerprint density at radius 1 is 1.05 bits per heavy atom. The molecule has 116 valence electrons. The monoisotopic (exact) mass is 295 g/mol. The van der Waals surface area contributed by atoms with Crippen LogP contribution in [0.5, 0.6) is 0 Å². The van der Waals surface area contributed by atoms with Crippen LogP contribution in [-0.2, 0) is 19.1 Å². The van der Waals surface area contributed by atoms with Crippen LogP contribution in [0.3, 0.4) is 0 Å². The number of nitrogens with one attached hydrogen (secondary N) is 3. The smallest absolute Gasteiger partial charge is 0.250 e. The topological polar surface area (TPSA) is 88.7 Å². The Morgan fingerprint density at radius 2 is 1.71 bits per heavy atom. The lowest BCUT2D eigenvalue weighted by Gasteiger charge is -2.09. The molecular formula is C14H21N3O4. The Bertz CT molecular complexity index is 465. The van der Waals surface area contributed by atoms with Gasteiger partial charge < -0.3 is 25.4 Å². The first kappa shape index (κ1) is 17.1. The third kappa shape index (κ3) is 7.40. The van der Waals surface area contributed by atoms with Gasteiger partial charge in [-0.2, -0.15) is 0 Å². The summed E-state index contributed by atoms with van der Waals surface area (Å²) in [6.07, 6.45) is 0. The van der Waals surface area contributed by atoms with E-state index in [2.05, 4.69) is 16.0 Å². The molecule has 21 heavy (non-hydrogen) atoms. The third-order valence-corrected chi connectivity index (χ3v) is 2.47. The van der Waals surface area contributed by atoms with Gasteiger partial charge in [0, 0.05) is 32.1 Å². The van der Waals surface area contributed by atoms with E-state index in [0.717, 1.165) is 0 Å². The van der Waals surface area contributed by atoms with E-state index < -0.39 is 0 Å². The van der Waals surface area contributed by atoms with Crippen LogP contribution in [0, 0.1) is 0 Å². The number of amides is 2. The summed E-state index contributed by atoms with van der Waals surface area (Å²) in [6.45, 7) is 1.34. The van der Waals surface area contributed by atoms with Crippen LogP contribution in [-0.4, -0.2) is 52.3 Å². The van der Waals surface area contributed by atoms with Gasteiger partial charge in [-0.15, -0.1) is 0 Å². The molecule has 0 heterocycles. The van der Waals surface area contributed by atoms with Crippen molar-refractivity contribution < 1.29 is 19.1 Å². The first-order chi connectivity index (χ1) is 10.2. The lowest BCUT2D eigenvalue weighted by molar-refractivity contribution is -0.119. The number of carbonyl (C=O) groups is 2. The summed E-state index contributed by atoms with van der Waals surface area (Å²) in [4.78, 5) is 23.1. The van der Waals surface area contributed by atoms with Crippen LogP contribution in [0.4, 0.5) is 11.4 Å². The normalized spacial score (nSPS) is 10.2. The Kier molecular flexibility index (Phi) is 8.03. The van der Waals surface area contributed by atoms with Gasteiger partial charge in [0.2, 0.25) is 11.8 Å². The molecule has 1 aromatic carbocycles. The summed E-state index contributed by atoms with van der Waals surface area (Å²) in [7, 11) is 3.05. The number of benzene rings is 1. The van der Waals surface area contributed by atoms with Gasteiger partial charge in [-0.25, -0.2) is 0 Å². The molecule has 0 aliphatic heterocycles. The predicted octanol–water partition coefficient (Wildman–Crippen LogP) is 0.446. The molecule has 0 spiro atoms. The number of rotatable bonds is 9. The van der Waals surface area contributed by atoms with Crippen molar-refractivity contribution >= 4 is 23.2 Å². The fourth-order valence-electron chi connectivity index (χ4n) is 1.58. The standard InChI is InChI=1S/C14H21N3O4/c1-20-7-6-15-9-13(18)16-11-4-3-5-12(8-11)17-14(19)10-21-2/h3-5,8,15H,6-7,9-10H2,1-2H3,(H,16,18)(H,17,19). The molecule has 0 radical (unpaired) electrons. The highest BCUT2D eigenvalue weighted by molar-refractivity contribution is 5.95. The third-order valence-electron chi connectivity index (χ3n) is 2.47. The van der Waals surface area contributed by atoms with Gasteiger partial charge in [-0.1, -0.05) is 6.07 Å². The minimum atomic E-state index is -0.248. The number of hydrogen-bond acceptors (Lipinski definition) is 5. The Morgan fingerprint density at radius 3 is 2.33 bits per heavy atom. The molecular weight excluding hydrogens is 274 g/mol. The summed E-state index contributed by atoms with van der Waals surface area (Å²) < 4.78 is 9.60. The Labute approximate surface area is 124 Å². The number of hydrogen-bond donors (Lipinski definition) is 3. The summed E-state index contributed by atoms with van der Waals surface area (Å²) in [5, 5.41) is 8.36. The molecule has 7 nitrogen and oxygen atoms in total. The number of ether oxygens (including phenoxy) is 2. The maximum absolute atomic E-state index is 11.7. The summed E-state index contributed by atoms with van der Waals surface area (Å²) in [5.41, 5.74) is 1.21. The molecule has 0 aliphatic rings. The van der Waals surface area contributed by atoms with E-state index in [1.54, 1.807) is 31.4 Å². The first-order valence-electron chi connectivity index (χ1n) is 6.54. The van der Waals surface area contributed by atoms with E-state index in [-0.39, 0.29) is 25.0 Å². The molecule has 0 aromatic heterocycles. The van der Waals surface area contributed by atoms with Crippen molar-refractivity contribution in [3.8, 4) is 0 Å². The van der Waals surface area contributed by atoms with Gasteiger partial charge >= 0.3 is 0 Å². The van der Waals surface area contributed by atoms with Crippen LogP contribution in [0.15, 0.2) is 24.3 Å². The van der Waals surface area contributed by atoms with Crippen molar-refractivity contribution in [1.29, 1.82) is 0 Å². The molecule has 0 saturated carbocycles. The predicted molar refractivity (Wildman–Crippen MR) is 80.3 cm³/mol. The van der Waals surface area contributed by atoms with Crippen molar-refractivity contribution in [2.75, 3.05) is 51.2 Å². The molecule has 0 bridgehead atoms. The van der Waals surface area contributed by atoms with E-state index in [1.165, 1.54) is 7.11 Å². The minimum absolute atomic E-state index is 0.0139. The average molecular weight is 295 g/mol. The SMILES string of the molecule is COCCNCC(=O)Nc1cccc(NC(=O)COC)c1. The van der Waals surface area contributed by atoms with Crippen LogP contribution in [0.2, 0.25) is 0 Å². The molecule has 0 saturated heterocycles. The molecule has 0 unspecified atom stereocenters. The molecule has 0 atom stereocenters. The Hall–Kier alpha value is -1.96. The summed E-state index contributed by atoms with van der Waals surface area (Å²) >= 11 is 0. The molecule has 0 fully saturated rings. The van der Waals surface area contributed by atoms with E-state index in [0.29, 0.717) is 24.5 Å². The van der Waals surface area contributed by atoms with E-state index in [1.807, 2.05) is 0 Å². The summed E-state index contributed by atoms with van der Waals surface area (Å²) in [5.74, 6) is -0.409. The lowest BCUT2D eigenvalue weighted by Crippen LogP contribution is -2.30. The quantitative estimate of drug-likeness (QED) is 0.576. The van der Waals surface area contributed by atoms with E-state index in [4.69, 9.17) is 9.47 Å². The molecule has 2 amide bonds. The second kappa shape index (κ2) is 9.87. The fourth-order valence-corrected chi connectivity index (χ4v) is 1.58. The van der Waals surface area contributed by atoms with Crippen LogP contribution in [0.1, 0.15) is 0 Å². The van der Waals surface area contributed by atoms with E-state index >= 15 is 0 Å². The van der Waals surface area contributed by atoms with Crippen molar-refractivity contribution in [3.05, 3.63) is 24.3 Å². The number of methoxy groups -OCH3 is 2. The summed E-state index contributed by atoms with van der Waals surface area (Å²) in [6, 6.07) is 6.91.